The van der Waals surface area contributed by atoms with Gasteiger partial charge in [-0.25, -0.2) is 4.98 Å². The van der Waals surface area contributed by atoms with Crippen LogP contribution in [0.4, 0.5) is 0 Å². The number of nitrogens with zero attached hydrogens (tertiary/aromatic N) is 2. The number of thiazole rings is 1. The van der Waals surface area contributed by atoms with Crippen molar-refractivity contribution in [3.8, 4) is 10.6 Å². The first-order chi connectivity index (χ1) is 9.74. The molecule has 3 rings (SSSR count). The molecule has 0 radical (unpaired) electrons. The Hall–Kier alpha value is -1.43. The third-order valence-electron chi connectivity index (χ3n) is 3.21. The van der Waals surface area contributed by atoms with E-state index in [1.165, 1.54) is 11.3 Å². The average molecular weight is 308 g/mol. The van der Waals surface area contributed by atoms with Gasteiger partial charge in [0.25, 0.3) is 5.91 Å². The molecule has 1 aliphatic heterocycles. The van der Waals surface area contributed by atoms with Crippen LogP contribution in [0.2, 0.25) is 5.02 Å². The highest BCUT2D eigenvalue weighted by Crippen LogP contribution is 2.27. The molecule has 0 spiro atoms. The average Bonchev–Trinajstić information content (AvgIpc) is 2.98. The van der Waals surface area contributed by atoms with E-state index in [0.717, 1.165) is 36.8 Å². The number of benzene rings is 1. The minimum atomic E-state index is 0.0733. The second-order valence-electron chi connectivity index (χ2n) is 4.58. The van der Waals surface area contributed by atoms with Crippen molar-refractivity contribution < 1.29 is 4.79 Å². The third-order valence-corrected chi connectivity index (χ3v) is 4.50. The number of hydrogen-bond acceptors (Lipinski definition) is 4. The molecule has 0 bridgehead atoms. The molecule has 1 aromatic carbocycles. The molecule has 1 saturated heterocycles. The number of piperazine rings is 1. The zero-order valence-corrected chi connectivity index (χ0v) is 12.4. The molecular weight excluding hydrogens is 294 g/mol. The summed E-state index contributed by atoms with van der Waals surface area (Å²) in [7, 11) is 0. The van der Waals surface area contributed by atoms with Crippen molar-refractivity contribution in [1.29, 1.82) is 0 Å². The fourth-order valence-corrected chi connectivity index (χ4v) is 3.14. The minimum absolute atomic E-state index is 0.0733. The second-order valence-corrected chi connectivity index (χ2v) is 6.05. The number of amides is 1. The van der Waals surface area contributed by atoms with Crippen molar-refractivity contribution in [3.05, 3.63) is 40.4 Å². The van der Waals surface area contributed by atoms with Crippen LogP contribution in [-0.2, 0) is 0 Å². The second kappa shape index (κ2) is 5.91. The highest BCUT2D eigenvalue weighted by atomic mass is 35.5. The molecule has 1 aliphatic rings. The largest absolute Gasteiger partial charge is 0.335 e. The Morgan fingerprint density at radius 3 is 2.65 bits per heavy atom. The summed E-state index contributed by atoms with van der Waals surface area (Å²) in [6.07, 6.45) is 1.67. The van der Waals surface area contributed by atoms with Crippen LogP contribution in [0.3, 0.4) is 0 Å². The van der Waals surface area contributed by atoms with Crippen LogP contribution in [0.5, 0.6) is 0 Å². The molecule has 6 heteroatoms. The number of halogens is 1. The first-order valence-corrected chi connectivity index (χ1v) is 7.65. The highest BCUT2D eigenvalue weighted by Gasteiger charge is 2.20. The number of carbonyl (C=O) groups is 1. The number of rotatable bonds is 2. The molecular formula is C14H14ClN3OS. The summed E-state index contributed by atoms with van der Waals surface area (Å²) in [6, 6.07) is 7.49. The number of aromatic nitrogens is 1. The van der Waals surface area contributed by atoms with Gasteiger partial charge in [-0.1, -0.05) is 23.7 Å². The Labute approximate surface area is 126 Å². The first-order valence-electron chi connectivity index (χ1n) is 6.46. The van der Waals surface area contributed by atoms with Gasteiger partial charge in [-0.05, 0) is 12.1 Å². The maximum absolute atomic E-state index is 12.3. The van der Waals surface area contributed by atoms with Gasteiger partial charge >= 0.3 is 0 Å². The topological polar surface area (TPSA) is 45.2 Å². The zero-order valence-electron chi connectivity index (χ0n) is 10.8. The lowest BCUT2D eigenvalue weighted by molar-refractivity contribution is 0.0740. The quantitative estimate of drug-likeness (QED) is 0.927. The maximum atomic E-state index is 12.3. The Kier molecular flexibility index (Phi) is 4.00. The van der Waals surface area contributed by atoms with Crippen molar-refractivity contribution in [3.63, 3.8) is 0 Å². The Morgan fingerprint density at radius 2 is 1.95 bits per heavy atom. The summed E-state index contributed by atoms with van der Waals surface area (Å²) in [6.45, 7) is 3.23. The van der Waals surface area contributed by atoms with Crippen LogP contribution in [0.15, 0.2) is 30.5 Å². The van der Waals surface area contributed by atoms with Gasteiger partial charge in [0.05, 0.1) is 6.20 Å². The summed E-state index contributed by atoms with van der Waals surface area (Å²) in [5, 5.41) is 4.78. The van der Waals surface area contributed by atoms with Crippen molar-refractivity contribution in [2.24, 2.45) is 0 Å². The Morgan fingerprint density at radius 1 is 1.25 bits per heavy atom. The van der Waals surface area contributed by atoms with E-state index in [-0.39, 0.29) is 5.91 Å². The molecule has 0 atom stereocenters. The first kappa shape index (κ1) is 13.5. The smallest absolute Gasteiger partial charge is 0.265 e. The third kappa shape index (κ3) is 2.85. The molecule has 0 saturated carbocycles. The van der Waals surface area contributed by atoms with Crippen LogP contribution in [0.25, 0.3) is 10.6 Å². The van der Waals surface area contributed by atoms with E-state index in [9.17, 15) is 4.79 Å². The van der Waals surface area contributed by atoms with Gasteiger partial charge < -0.3 is 10.2 Å². The molecule has 1 amide bonds. The van der Waals surface area contributed by atoms with E-state index in [2.05, 4.69) is 10.3 Å². The lowest BCUT2D eigenvalue weighted by Crippen LogP contribution is -2.46. The van der Waals surface area contributed by atoms with E-state index in [4.69, 9.17) is 11.6 Å². The maximum Gasteiger partial charge on any atom is 0.265 e. The molecule has 104 valence electrons. The monoisotopic (exact) mass is 307 g/mol. The van der Waals surface area contributed by atoms with Gasteiger partial charge in [0.1, 0.15) is 9.88 Å². The van der Waals surface area contributed by atoms with Gasteiger partial charge in [0.15, 0.2) is 0 Å². The molecule has 0 unspecified atom stereocenters. The summed E-state index contributed by atoms with van der Waals surface area (Å²) in [5.41, 5.74) is 0.985. The zero-order chi connectivity index (χ0) is 13.9. The van der Waals surface area contributed by atoms with Crippen LogP contribution in [0.1, 0.15) is 9.67 Å². The van der Waals surface area contributed by atoms with E-state index in [0.29, 0.717) is 9.90 Å². The summed E-state index contributed by atoms with van der Waals surface area (Å²) < 4.78 is 0. The van der Waals surface area contributed by atoms with Crippen LogP contribution in [-0.4, -0.2) is 42.0 Å². The number of carbonyl (C=O) groups excluding carboxylic acids is 1. The number of hydrogen-bond donors (Lipinski definition) is 1. The van der Waals surface area contributed by atoms with E-state index >= 15 is 0 Å². The highest BCUT2D eigenvalue weighted by molar-refractivity contribution is 7.16. The van der Waals surface area contributed by atoms with Crippen molar-refractivity contribution >= 4 is 28.8 Å². The predicted octanol–water partition coefficient (Wildman–Crippen LogP) is 2.51. The fraction of sp³-hybridized carbons (Fsp3) is 0.286. The SMILES string of the molecule is O=C(c1cnc(-c2ccc(Cl)cc2)s1)N1CCNCC1. The summed E-state index contributed by atoms with van der Waals surface area (Å²) >= 11 is 7.30. The standard InChI is InChI=1S/C14H14ClN3OS/c15-11-3-1-10(2-4-11)13-17-9-12(20-13)14(19)18-7-5-16-6-8-18/h1-4,9,16H,5-8H2. The fourth-order valence-electron chi connectivity index (χ4n) is 2.12. The van der Waals surface area contributed by atoms with Crippen LogP contribution < -0.4 is 5.32 Å². The van der Waals surface area contributed by atoms with Crippen LogP contribution in [0, 0.1) is 0 Å². The Bertz CT molecular complexity index is 605. The number of nitrogens with one attached hydrogen (secondary N) is 1. The molecule has 1 aromatic heterocycles. The van der Waals surface area contributed by atoms with Gasteiger partial charge in [0.2, 0.25) is 0 Å². The molecule has 2 aromatic rings. The van der Waals surface area contributed by atoms with Gasteiger partial charge in [-0.2, -0.15) is 0 Å². The Balaban J connectivity index is 1.79. The lowest BCUT2D eigenvalue weighted by atomic mass is 10.2. The van der Waals surface area contributed by atoms with Crippen LogP contribution >= 0.6 is 22.9 Å². The van der Waals surface area contributed by atoms with E-state index in [1.807, 2.05) is 29.2 Å². The van der Waals surface area contributed by atoms with Crippen molar-refractivity contribution in [2.45, 2.75) is 0 Å². The predicted molar refractivity (Wildman–Crippen MR) is 81.3 cm³/mol. The summed E-state index contributed by atoms with van der Waals surface area (Å²) in [5.74, 6) is 0.0733. The van der Waals surface area contributed by atoms with E-state index < -0.39 is 0 Å². The summed E-state index contributed by atoms with van der Waals surface area (Å²) in [4.78, 5) is 19.3. The van der Waals surface area contributed by atoms with Crippen molar-refractivity contribution in [1.82, 2.24) is 15.2 Å². The lowest BCUT2D eigenvalue weighted by Gasteiger charge is -2.26. The molecule has 0 aliphatic carbocycles. The molecule has 20 heavy (non-hydrogen) atoms. The normalized spacial score (nSPS) is 15.3. The van der Waals surface area contributed by atoms with Gasteiger partial charge in [-0.3, -0.25) is 4.79 Å². The molecule has 1 N–H and O–H groups in total. The molecule has 1 fully saturated rings. The molecule has 2 heterocycles. The minimum Gasteiger partial charge on any atom is -0.335 e. The van der Waals surface area contributed by atoms with Gasteiger partial charge in [-0.15, -0.1) is 11.3 Å². The molecule has 4 nitrogen and oxygen atoms in total. The van der Waals surface area contributed by atoms with Gasteiger partial charge in [0, 0.05) is 36.8 Å². The van der Waals surface area contributed by atoms with Crippen molar-refractivity contribution in [2.75, 3.05) is 26.2 Å². The van der Waals surface area contributed by atoms with E-state index in [1.54, 1.807) is 6.20 Å².